The first kappa shape index (κ1) is 19.6. The number of aliphatic imine (C=N–C) groups is 4. The van der Waals surface area contributed by atoms with E-state index in [2.05, 4.69) is 9.98 Å². The highest BCUT2D eigenvalue weighted by Gasteiger charge is 2.30. The number of nitrogens with one attached hydrogen (secondary N) is 1. The predicted molar refractivity (Wildman–Crippen MR) is 136 cm³/mol. The highest BCUT2D eigenvalue weighted by Crippen LogP contribution is 2.39. The van der Waals surface area contributed by atoms with Crippen LogP contribution in [0.25, 0.3) is 5.70 Å². The minimum absolute atomic E-state index is 0.142. The molecule has 33 heavy (non-hydrogen) atoms. The number of aromatic nitrogens is 1. The van der Waals surface area contributed by atoms with Gasteiger partial charge in [0.15, 0.2) is 22.0 Å². The largest absolute Gasteiger partial charge is 0.383 e. The second-order valence-electron chi connectivity index (χ2n) is 7.27. The molecule has 0 radical (unpaired) electrons. The van der Waals surface area contributed by atoms with Crippen molar-refractivity contribution in [3.05, 3.63) is 80.6 Å². The van der Waals surface area contributed by atoms with E-state index in [-0.39, 0.29) is 11.0 Å². The average molecular weight is 470 g/mol. The van der Waals surface area contributed by atoms with Crippen LogP contribution in [-0.2, 0) is 0 Å². The molecule has 3 aliphatic heterocycles. The van der Waals surface area contributed by atoms with Gasteiger partial charge in [0.2, 0.25) is 0 Å². The van der Waals surface area contributed by atoms with E-state index < -0.39 is 0 Å². The Morgan fingerprint density at radius 3 is 2.18 bits per heavy atom. The molecule has 3 aliphatic rings. The van der Waals surface area contributed by atoms with Crippen LogP contribution in [-0.4, -0.2) is 33.4 Å². The van der Waals surface area contributed by atoms with Crippen molar-refractivity contribution in [2.45, 2.75) is 0 Å². The third-order valence-electron chi connectivity index (χ3n) is 5.25. The van der Waals surface area contributed by atoms with Crippen LogP contribution in [0.15, 0.2) is 73.4 Å². The van der Waals surface area contributed by atoms with Gasteiger partial charge in [-0.3, -0.25) is 5.41 Å². The molecule has 0 unspecified atom stereocenters. The third kappa shape index (κ3) is 3.09. The van der Waals surface area contributed by atoms with E-state index in [9.17, 15) is 0 Å². The number of benzene rings is 2. The van der Waals surface area contributed by atoms with Crippen molar-refractivity contribution in [3.8, 4) is 0 Å². The van der Waals surface area contributed by atoms with Crippen molar-refractivity contribution in [2.75, 3.05) is 11.5 Å². The highest BCUT2D eigenvalue weighted by atomic mass is 32.2. The van der Waals surface area contributed by atoms with E-state index >= 15 is 0 Å². The van der Waals surface area contributed by atoms with Gasteiger partial charge in [-0.25, -0.2) is 25.0 Å². The van der Waals surface area contributed by atoms with Gasteiger partial charge >= 0.3 is 0 Å². The molecule has 2 aromatic carbocycles. The first-order valence-electron chi connectivity index (χ1n) is 9.82. The summed E-state index contributed by atoms with van der Waals surface area (Å²) >= 11 is 2.48. The van der Waals surface area contributed by atoms with Gasteiger partial charge in [0.1, 0.15) is 11.7 Å². The van der Waals surface area contributed by atoms with Gasteiger partial charge in [-0.2, -0.15) is 0 Å². The minimum Gasteiger partial charge on any atom is -0.383 e. The van der Waals surface area contributed by atoms with Crippen LogP contribution in [0.4, 0.5) is 10.9 Å². The fourth-order valence-electron chi connectivity index (χ4n) is 3.86. The zero-order chi connectivity index (χ0) is 22.7. The lowest BCUT2D eigenvalue weighted by molar-refractivity contribution is 1.42. The minimum atomic E-state index is 0.142. The molecule has 0 aliphatic carbocycles. The summed E-state index contributed by atoms with van der Waals surface area (Å²) in [6, 6.07) is 15.6. The fourth-order valence-corrected chi connectivity index (χ4v) is 5.35. The summed E-state index contributed by atoms with van der Waals surface area (Å²) in [6.45, 7) is 0. The molecule has 0 bridgehead atoms. The standard InChI is InChI=1S/C22H15N9S2/c23-17-15(32-21(25)29-17)13-9-5-1-3-7-11(9)19(27-13)31-20-12-8-4-2-6-10(12)14(28-20)16-18(24)30-22(26)33-16/h1-8H,23H2,(H2,25,29)(H3,24,26,30). The molecule has 0 saturated carbocycles. The molecule has 0 atom stereocenters. The molecular formula is C22H15N9S2. The molecular weight excluding hydrogens is 454 g/mol. The Balaban J connectivity index is 1.53. The number of anilines is 2. The number of thioether (sulfide) groups is 1. The van der Waals surface area contributed by atoms with Crippen LogP contribution in [0.2, 0.25) is 0 Å². The van der Waals surface area contributed by atoms with Gasteiger partial charge in [-0.05, 0) is 11.8 Å². The van der Waals surface area contributed by atoms with Gasteiger partial charge in [-0.15, -0.1) is 0 Å². The normalized spacial score (nSPS) is 20.1. The quantitative estimate of drug-likeness (QED) is 0.429. The summed E-state index contributed by atoms with van der Waals surface area (Å²) in [5, 5.41) is 8.36. The average Bonchev–Trinajstić information content (AvgIpc) is 3.53. The Kier molecular flexibility index (Phi) is 4.28. The molecule has 0 amide bonds. The number of fused-ring (bicyclic) bond motifs is 2. The van der Waals surface area contributed by atoms with Crippen molar-refractivity contribution in [2.24, 2.45) is 25.7 Å². The van der Waals surface area contributed by atoms with E-state index in [1.165, 1.54) is 23.1 Å². The van der Waals surface area contributed by atoms with Gasteiger partial charge in [-0.1, -0.05) is 59.9 Å². The third-order valence-corrected chi connectivity index (χ3v) is 7.05. The van der Waals surface area contributed by atoms with Crippen molar-refractivity contribution < 1.29 is 0 Å². The van der Waals surface area contributed by atoms with Crippen LogP contribution in [0.1, 0.15) is 27.1 Å². The van der Waals surface area contributed by atoms with E-state index in [0.717, 1.165) is 22.3 Å². The van der Waals surface area contributed by atoms with Gasteiger partial charge in [0.05, 0.1) is 21.2 Å². The zero-order valence-corrected chi connectivity index (χ0v) is 18.5. The van der Waals surface area contributed by atoms with Crippen LogP contribution < -0.4 is 17.2 Å². The zero-order valence-electron chi connectivity index (χ0n) is 16.9. The predicted octanol–water partition coefficient (Wildman–Crippen LogP) is 3.07. The molecule has 0 spiro atoms. The summed E-state index contributed by atoms with van der Waals surface area (Å²) in [5.74, 6) is 1.68. The van der Waals surface area contributed by atoms with Crippen molar-refractivity contribution in [1.29, 1.82) is 5.41 Å². The molecule has 6 rings (SSSR count). The van der Waals surface area contributed by atoms with E-state index in [1.54, 1.807) is 0 Å². The number of nitrogens with two attached hydrogens (primary N) is 3. The Bertz CT molecular complexity index is 1540. The lowest BCUT2D eigenvalue weighted by atomic mass is 10.0. The molecule has 1 aromatic heterocycles. The number of rotatable bonds is 1. The monoisotopic (exact) mass is 469 g/mol. The summed E-state index contributed by atoms with van der Waals surface area (Å²) in [7, 11) is 0. The summed E-state index contributed by atoms with van der Waals surface area (Å²) in [4.78, 5) is 24.0. The molecule has 3 aromatic rings. The van der Waals surface area contributed by atoms with Crippen LogP contribution in [0.5, 0.6) is 0 Å². The molecule has 0 fully saturated rings. The molecule has 11 heteroatoms. The Hall–Kier alpha value is -4.09. The number of hydrogen-bond acceptors (Lipinski definition) is 9. The highest BCUT2D eigenvalue weighted by molar-refractivity contribution is 8.18. The second-order valence-corrected chi connectivity index (χ2v) is 9.30. The van der Waals surface area contributed by atoms with Gasteiger partial charge < -0.3 is 17.2 Å². The summed E-state index contributed by atoms with van der Waals surface area (Å²) < 4.78 is 0. The molecule has 9 nitrogen and oxygen atoms in total. The van der Waals surface area contributed by atoms with Crippen LogP contribution in [0, 0.1) is 5.41 Å². The van der Waals surface area contributed by atoms with Gasteiger partial charge in [0.25, 0.3) is 0 Å². The molecule has 160 valence electrons. The number of nitrogen functional groups attached to an aromatic ring is 2. The number of amidine groups is 4. The summed E-state index contributed by atoms with van der Waals surface area (Å²) in [6.07, 6.45) is 0. The Morgan fingerprint density at radius 2 is 1.52 bits per heavy atom. The Labute approximate surface area is 196 Å². The van der Waals surface area contributed by atoms with Gasteiger partial charge in [0, 0.05) is 22.3 Å². The van der Waals surface area contributed by atoms with Crippen molar-refractivity contribution >= 4 is 68.1 Å². The van der Waals surface area contributed by atoms with Crippen molar-refractivity contribution in [3.63, 3.8) is 0 Å². The number of hydrogen-bond donors (Lipinski definition) is 4. The molecule has 4 heterocycles. The van der Waals surface area contributed by atoms with Crippen molar-refractivity contribution in [1.82, 2.24) is 4.98 Å². The van der Waals surface area contributed by atoms with Crippen LogP contribution in [0.3, 0.4) is 0 Å². The maximum absolute atomic E-state index is 7.84. The van der Waals surface area contributed by atoms with Crippen LogP contribution >= 0.6 is 23.1 Å². The number of nitrogens with zero attached hydrogens (tertiary/aromatic N) is 5. The first-order chi connectivity index (χ1) is 16.0. The molecule has 7 N–H and O–H groups in total. The lowest BCUT2D eigenvalue weighted by Gasteiger charge is -2.02. The fraction of sp³-hybridized carbons (Fsp3) is 0. The summed E-state index contributed by atoms with van der Waals surface area (Å²) in [5.41, 5.74) is 22.9. The van der Waals surface area contributed by atoms with E-state index in [1.807, 2.05) is 48.5 Å². The topological polar surface area (TPSA) is 164 Å². The maximum Gasteiger partial charge on any atom is 0.187 e. The van der Waals surface area contributed by atoms with E-state index in [0.29, 0.717) is 43.8 Å². The smallest absolute Gasteiger partial charge is 0.187 e. The lowest BCUT2D eigenvalue weighted by Crippen LogP contribution is -2.10. The number of thiazole rings is 1. The molecule has 0 saturated heterocycles. The first-order valence-corrected chi connectivity index (χ1v) is 11.5. The van der Waals surface area contributed by atoms with E-state index in [4.69, 9.17) is 37.6 Å². The SMILES string of the molecule is N=C1N=C(N)C(=C2N=C(N=C3N=C(c4sc(N)nc4N)c4ccccc43)c3ccccc32)S1. The maximum atomic E-state index is 7.84. The second kappa shape index (κ2) is 7.22. The Morgan fingerprint density at radius 1 is 0.818 bits per heavy atom.